The Morgan fingerprint density at radius 1 is 1.21 bits per heavy atom. The molecule has 1 fully saturated rings. The van der Waals surface area contributed by atoms with Gasteiger partial charge in [0.05, 0.1) is 6.21 Å². The molecule has 1 aromatic carbocycles. The smallest absolute Gasteiger partial charge is 0.191 e. The van der Waals surface area contributed by atoms with Crippen LogP contribution in [0.4, 0.5) is 0 Å². The third kappa shape index (κ3) is 4.36. The number of hydrogen-bond donors (Lipinski definition) is 0. The van der Waals surface area contributed by atoms with Crippen LogP contribution < -0.4 is 0 Å². The van der Waals surface area contributed by atoms with Gasteiger partial charge in [-0.1, -0.05) is 61.4 Å². The average molecular weight is 405 g/mol. The van der Waals surface area contributed by atoms with E-state index in [1.165, 1.54) is 32.1 Å². The van der Waals surface area contributed by atoms with Crippen molar-refractivity contribution in [1.82, 2.24) is 14.9 Å². The Morgan fingerprint density at radius 2 is 1.96 bits per heavy atom. The van der Waals surface area contributed by atoms with E-state index in [1.807, 2.05) is 41.4 Å². The highest BCUT2D eigenvalue weighted by Crippen LogP contribution is 2.32. The molecule has 1 heterocycles. The van der Waals surface area contributed by atoms with Crippen LogP contribution in [-0.4, -0.2) is 27.3 Å². The van der Waals surface area contributed by atoms with Crippen molar-refractivity contribution in [2.45, 2.75) is 43.2 Å². The van der Waals surface area contributed by atoms with Crippen LogP contribution in [0.15, 0.2) is 45.1 Å². The monoisotopic (exact) mass is 404 g/mol. The van der Waals surface area contributed by atoms with Crippen molar-refractivity contribution < 1.29 is 0 Å². The summed E-state index contributed by atoms with van der Waals surface area (Å²) >= 11 is 5.16. The van der Waals surface area contributed by atoms with E-state index in [9.17, 15) is 0 Å². The highest BCUT2D eigenvalue weighted by Gasteiger charge is 2.23. The molecule has 0 N–H and O–H groups in total. The summed E-state index contributed by atoms with van der Waals surface area (Å²) in [7, 11) is 0. The van der Waals surface area contributed by atoms with Gasteiger partial charge >= 0.3 is 0 Å². The van der Waals surface area contributed by atoms with Gasteiger partial charge in [-0.2, -0.15) is 9.78 Å². The van der Waals surface area contributed by atoms with Crippen LogP contribution in [-0.2, 0) is 0 Å². The van der Waals surface area contributed by atoms with Gasteiger partial charge in [0, 0.05) is 10.4 Å². The quantitative estimate of drug-likeness (QED) is 0.500. The molecule has 1 aliphatic rings. The van der Waals surface area contributed by atoms with Crippen molar-refractivity contribution in [1.29, 1.82) is 0 Å². The Hall–Kier alpha value is -1.40. The summed E-state index contributed by atoms with van der Waals surface area (Å²) < 4.78 is 2.82. The topological polar surface area (TPSA) is 43.1 Å². The summed E-state index contributed by atoms with van der Waals surface area (Å²) in [4.78, 5) is 0. The molecule has 1 saturated carbocycles. The highest BCUT2D eigenvalue weighted by atomic mass is 79.9. The predicted molar refractivity (Wildman–Crippen MR) is 105 cm³/mol. The third-order valence-corrected chi connectivity index (χ3v) is 5.24. The number of allylic oxidation sites excluding steroid dienone is 1. The lowest BCUT2D eigenvalue weighted by atomic mass is 9.89. The van der Waals surface area contributed by atoms with E-state index in [0.29, 0.717) is 5.92 Å². The van der Waals surface area contributed by atoms with Crippen molar-refractivity contribution in [3.05, 3.63) is 46.2 Å². The van der Waals surface area contributed by atoms with Crippen LogP contribution >= 0.6 is 27.7 Å². The number of nitrogens with zero attached hydrogens (tertiary/aromatic N) is 4. The van der Waals surface area contributed by atoms with Crippen LogP contribution in [0.2, 0.25) is 0 Å². The molecule has 0 amide bonds. The van der Waals surface area contributed by atoms with Crippen LogP contribution in [0.1, 0.15) is 49.4 Å². The number of benzene rings is 1. The van der Waals surface area contributed by atoms with Gasteiger partial charge in [0.15, 0.2) is 5.82 Å². The highest BCUT2D eigenvalue weighted by molar-refractivity contribution is 9.12. The van der Waals surface area contributed by atoms with Crippen molar-refractivity contribution in [3.63, 3.8) is 0 Å². The minimum atomic E-state index is 0.473. The first-order valence-electron chi connectivity index (χ1n) is 8.24. The number of halogens is 1. The molecule has 0 bridgehead atoms. The number of aromatic nitrogens is 3. The molecule has 3 rings (SSSR count). The van der Waals surface area contributed by atoms with E-state index >= 15 is 0 Å². The second kappa shape index (κ2) is 8.62. The molecule has 4 nitrogen and oxygen atoms in total. The zero-order valence-corrected chi connectivity index (χ0v) is 16.1. The van der Waals surface area contributed by atoms with Gasteiger partial charge in [-0.25, -0.2) is 0 Å². The molecule has 0 unspecified atom stereocenters. The summed E-state index contributed by atoms with van der Waals surface area (Å²) in [5, 5.41) is 14.2. The van der Waals surface area contributed by atoms with Gasteiger partial charge < -0.3 is 0 Å². The van der Waals surface area contributed by atoms with Crippen molar-refractivity contribution in [2.24, 2.45) is 5.10 Å². The molecule has 0 radical (unpaired) electrons. The first-order chi connectivity index (χ1) is 11.8. The molecular formula is C18H21BrN4S. The maximum Gasteiger partial charge on any atom is 0.211 e. The van der Waals surface area contributed by atoms with E-state index in [0.717, 1.165) is 21.0 Å². The molecule has 2 aromatic rings. The maximum absolute atomic E-state index is 4.64. The van der Waals surface area contributed by atoms with E-state index in [1.54, 1.807) is 11.8 Å². The lowest BCUT2D eigenvalue weighted by molar-refractivity contribution is 0.417. The van der Waals surface area contributed by atoms with Crippen LogP contribution in [0.3, 0.4) is 0 Å². The summed E-state index contributed by atoms with van der Waals surface area (Å²) in [5.41, 5.74) is 1.14. The fraction of sp³-hybridized carbons (Fsp3) is 0.389. The molecule has 6 heteroatoms. The Kier molecular flexibility index (Phi) is 6.26. The van der Waals surface area contributed by atoms with Crippen molar-refractivity contribution >= 4 is 40.0 Å². The Bertz CT molecular complexity index is 718. The second-order valence-corrected chi connectivity index (χ2v) is 7.57. The number of rotatable bonds is 5. The molecule has 1 aromatic heterocycles. The van der Waals surface area contributed by atoms with Crippen molar-refractivity contribution in [2.75, 3.05) is 6.26 Å². The molecule has 1 aliphatic carbocycles. The lowest BCUT2D eigenvalue weighted by Gasteiger charge is -2.20. The van der Waals surface area contributed by atoms with Gasteiger partial charge in [-0.05, 0) is 46.7 Å². The number of thioether (sulfide) groups is 1. The Labute approximate surface area is 155 Å². The van der Waals surface area contributed by atoms with E-state index in [2.05, 4.69) is 43.4 Å². The summed E-state index contributed by atoms with van der Waals surface area (Å²) in [6, 6.07) is 10.2. The van der Waals surface area contributed by atoms with Crippen LogP contribution in [0, 0.1) is 0 Å². The molecule has 0 saturated heterocycles. The van der Waals surface area contributed by atoms with Crippen LogP contribution in [0.25, 0.3) is 6.08 Å². The molecule has 126 valence electrons. The van der Waals surface area contributed by atoms with Crippen molar-refractivity contribution in [3.8, 4) is 0 Å². The van der Waals surface area contributed by atoms with Gasteiger partial charge in [-0.3, -0.25) is 0 Å². The van der Waals surface area contributed by atoms with E-state index < -0.39 is 0 Å². The summed E-state index contributed by atoms with van der Waals surface area (Å²) in [5.74, 6) is 1.47. The van der Waals surface area contributed by atoms with Gasteiger partial charge in [0.1, 0.15) is 0 Å². The molecule has 0 spiro atoms. The average Bonchev–Trinajstić information content (AvgIpc) is 3.04. The minimum absolute atomic E-state index is 0.473. The standard InChI is InChI=1S/C18H21BrN4S/c1-24-18-22-21-17(15-10-6-3-7-11-15)23(18)20-13-16(19)12-14-8-4-2-5-9-14/h2,4-5,8-9,12-13,15H,3,6-7,10-11H2,1H3. The fourth-order valence-corrected chi connectivity index (χ4v) is 3.78. The molecule has 0 aliphatic heterocycles. The summed E-state index contributed by atoms with van der Waals surface area (Å²) in [6.45, 7) is 0. The predicted octanol–water partition coefficient (Wildman–Crippen LogP) is 5.32. The SMILES string of the molecule is CSc1nnc(C2CCCCC2)n1N=CC(Br)=Cc1ccccc1. The Morgan fingerprint density at radius 3 is 2.67 bits per heavy atom. The van der Waals surface area contributed by atoms with E-state index in [4.69, 9.17) is 0 Å². The largest absolute Gasteiger partial charge is 0.211 e. The molecule has 0 atom stereocenters. The van der Waals surface area contributed by atoms with Gasteiger partial charge in [0.2, 0.25) is 5.16 Å². The normalized spacial score (nSPS) is 16.8. The Balaban J connectivity index is 1.83. The number of hydrogen-bond acceptors (Lipinski definition) is 4. The zero-order valence-electron chi connectivity index (χ0n) is 13.7. The lowest BCUT2D eigenvalue weighted by Crippen LogP contribution is -2.10. The third-order valence-electron chi connectivity index (χ3n) is 4.19. The molecular weight excluding hydrogens is 384 g/mol. The first-order valence-corrected chi connectivity index (χ1v) is 10.3. The zero-order chi connectivity index (χ0) is 16.8. The first kappa shape index (κ1) is 17.4. The van der Waals surface area contributed by atoms with Crippen LogP contribution in [0.5, 0.6) is 0 Å². The van der Waals surface area contributed by atoms with E-state index in [-0.39, 0.29) is 0 Å². The second-order valence-electron chi connectivity index (χ2n) is 5.88. The molecule has 24 heavy (non-hydrogen) atoms. The summed E-state index contributed by atoms with van der Waals surface area (Å²) in [6.07, 6.45) is 12.1. The minimum Gasteiger partial charge on any atom is -0.191 e. The maximum atomic E-state index is 4.64. The van der Waals surface area contributed by atoms with Gasteiger partial charge in [0.25, 0.3) is 0 Å². The fourth-order valence-electron chi connectivity index (χ4n) is 2.99. The van der Waals surface area contributed by atoms with Gasteiger partial charge in [-0.15, -0.1) is 10.2 Å².